The molecule has 0 aromatic heterocycles. The van der Waals surface area contributed by atoms with Crippen LogP contribution in [0.15, 0.2) is 18.2 Å². The predicted octanol–water partition coefficient (Wildman–Crippen LogP) is 1.70. The number of carbonyl (C=O) groups excluding carboxylic acids is 1. The number of hydrogen-bond acceptors (Lipinski definition) is 3. The first-order valence-electron chi connectivity index (χ1n) is 6.39. The van der Waals surface area contributed by atoms with E-state index >= 15 is 0 Å². The molecule has 0 spiro atoms. The van der Waals surface area contributed by atoms with Gasteiger partial charge in [0.25, 0.3) is 0 Å². The number of rotatable bonds is 4. The number of ether oxygens (including phenoxy) is 1. The monoisotopic (exact) mass is 248 g/mol. The van der Waals surface area contributed by atoms with Crippen molar-refractivity contribution in [2.45, 2.75) is 32.9 Å². The Morgan fingerprint density at radius 3 is 3.11 bits per heavy atom. The summed E-state index contributed by atoms with van der Waals surface area (Å²) in [4.78, 5) is 11.8. The molecular formula is C14H20N2O2. The van der Waals surface area contributed by atoms with E-state index in [1.165, 1.54) is 11.1 Å². The first kappa shape index (κ1) is 13.1. The molecule has 4 heteroatoms. The third kappa shape index (κ3) is 3.31. The van der Waals surface area contributed by atoms with Crippen LogP contribution in [-0.4, -0.2) is 25.2 Å². The van der Waals surface area contributed by atoms with Crippen molar-refractivity contribution in [1.82, 2.24) is 5.32 Å². The topological polar surface area (TPSA) is 50.4 Å². The van der Waals surface area contributed by atoms with Crippen LogP contribution in [0.25, 0.3) is 0 Å². The number of hydrogen-bond donors (Lipinski definition) is 2. The Morgan fingerprint density at radius 2 is 2.33 bits per heavy atom. The zero-order valence-electron chi connectivity index (χ0n) is 11.0. The van der Waals surface area contributed by atoms with Gasteiger partial charge in [-0.3, -0.25) is 4.79 Å². The van der Waals surface area contributed by atoms with Crippen LogP contribution >= 0.6 is 0 Å². The lowest BCUT2D eigenvalue weighted by atomic mass is 9.99. The summed E-state index contributed by atoms with van der Waals surface area (Å²) in [7, 11) is 0. The molecule has 18 heavy (non-hydrogen) atoms. The molecule has 1 aromatic carbocycles. The molecular weight excluding hydrogens is 228 g/mol. The molecule has 2 N–H and O–H groups in total. The third-order valence-corrected chi connectivity index (χ3v) is 2.96. The number of fused-ring (bicyclic) bond motifs is 1. The summed E-state index contributed by atoms with van der Waals surface area (Å²) >= 11 is 0. The minimum absolute atomic E-state index is 0.0737. The Kier molecular flexibility index (Phi) is 4.33. The van der Waals surface area contributed by atoms with E-state index in [-0.39, 0.29) is 18.6 Å². The molecule has 1 aliphatic heterocycles. The van der Waals surface area contributed by atoms with Gasteiger partial charge in [-0.1, -0.05) is 12.1 Å². The maximum atomic E-state index is 11.8. The van der Waals surface area contributed by atoms with Crippen molar-refractivity contribution in [3.63, 3.8) is 0 Å². The highest BCUT2D eigenvalue weighted by molar-refractivity contribution is 5.92. The van der Waals surface area contributed by atoms with Crippen LogP contribution < -0.4 is 10.6 Å². The van der Waals surface area contributed by atoms with E-state index in [1.54, 1.807) is 0 Å². The van der Waals surface area contributed by atoms with E-state index in [0.29, 0.717) is 0 Å². The van der Waals surface area contributed by atoms with Gasteiger partial charge < -0.3 is 15.4 Å². The largest absolute Gasteiger partial charge is 0.369 e. The fourth-order valence-corrected chi connectivity index (χ4v) is 2.08. The second-order valence-electron chi connectivity index (χ2n) is 4.78. The number of amides is 1. The summed E-state index contributed by atoms with van der Waals surface area (Å²) < 4.78 is 5.30. The SMILES string of the molecule is CC(C)OCC(=O)Nc1cccc2c1CCNC2. The molecule has 0 atom stereocenters. The highest BCUT2D eigenvalue weighted by Gasteiger charge is 2.14. The first-order chi connectivity index (χ1) is 8.66. The second kappa shape index (κ2) is 5.98. The lowest BCUT2D eigenvalue weighted by molar-refractivity contribution is -0.121. The quantitative estimate of drug-likeness (QED) is 0.852. The van der Waals surface area contributed by atoms with Crippen molar-refractivity contribution < 1.29 is 9.53 Å². The van der Waals surface area contributed by atoms with Crippen molar-refractivity contribution in [2.24, 2.45) is 0 Å². The van der Waals surface area contributed by atoms with Crippen LogP contribution in [0.1, 0.15) is 25.0 Å². The fourth-order valence-electron chi connectivity index (χ4n) is 2.08. The zero-order valence-corrected chi connectivity index (χ0v) is 11.0. The average Bonchev–Trinajstić information content (AvgIpc) is 2.37. The van der Waals surface area contributed by atoms with Crippen LogP contribution in [0.4, 0.5) is 5.69 Å². The van der Waals surface area contributed by atoms with Crippen LogP contribution in [0.3, 0.4) is 0 Å². The Bertz CT molecular complexity index is 430. The van der Waals surface area contributed by atoms with Gasteiger partial charge >= 0.3 is 0 Å². The van der Waals surface area contributed by atoms with E-state index in [0.717, 1.165) is 25.2 Å². The molecule has 0 aliphatic carbocycles. The summed E-state index contributed by atoms with van der Waals surface area (Å²) in [5.41, 5.74) is 3.43. The molecule has 0 unspecified atom stereocenters. The number of carbonyl (C=O) groups is 1. The Balaban J connectivity index is 2.03. The fraction of sp³-hybridized carbons (Fsp3) is 0.500. The Labute approximate surface area is 108 Å². The minimum atomic E-state index is -0.0874. The molecule has 1 heterocycles. The smallest absolute Gasteiger partial charge is 0.250 e. The zero-order chi connectivity index (χ0) is 13.0. The summed E-state index contributed by atoms with van der Waals surface area (Å²) in [6, 6.07) is 6.03. The van der Waals surface area contributed by atoms with Crippen molar-refractivity contribution in [3.8, 4) is 0 Å². The standard InChI is InChI=1S/C14H20N2O2/c1-10(2)18-9-14(17)16-13-5-3-4-11-8-15-7-6-12(11)13/h3-5,10,15H,6-9H2,1-2H3,(H,16,17). The van der Waals surface area contributed by atoms with Gasteiger partial charge in [0.05, 0.1) is 6.10 Å². The van der Waals surface area contributed by atoms with Gasteiger partial charge in [0.2, 0.25) is 5.91 Å². The molecule has 0 fully saturated rings. The van der Waals surface area contributed by atoms with Gasteiger partial charge in [-0.15, -0.1) is 0 Å². The highest BCUT2D eigenvalue weighted by atomic mass is 16.5. The van der Waals surface area contributed by atoms with Crippen LogP contribution in [-0.2, 0) is 22.5 Å². The molecule has 4 nitrogen and oxygen atoms in total. The molecule has 0 saturated carbocycles. The van der Waals surface area contributed by atoms with E-state index in [9.17, 15) is 4.79 Å². The van der Waals surface area contributed by atoms with E-state index in [4.69, 9.17) is 4.74 Å². The van der Waals surface area contributed by atoms with Crippen LogP contribution in [0, 0.1) is 0 Å². The molecule has 2 rings (SSSR count). The molecule has 98 valence electrons. The van der Waals surface area contributed by atoms with Crippen LogP contribution in [0.2, 0.25) is 0 Å². The normalized spacial score (nSPS) is 14.4. The van der Waals surface area contributed by atoms with Gasteiger partial charge in [0, 0.05) is 12.2 Å². The number of anilines is 1. The van der Waals surface area contributed by atoms with Crippen LogP contribution in [0.5, 0.6) is 0 Å². The van der Waals surface area contributed by atoms with Crippen molar-refractivity contribution >= 4 is 11.6 Å². The second-order valence-corrected chi connectivity index (χ2v) is 4.78. The van der Waals surface area contributed by atoms with E-state index < -0.39 is 0 Å². The molecule has 0 bridgehead atoms. The highest BCUT2D eigenvalue weighted by Crippen LogP contribution is 2.22. The van der Waals surface area contributed by atoms with Gasteiger partial charge in [-0.25, -0.2) is 0 Å². The summed E-state index contributed by atoms with van der Waals surface area (Å²) in [5.74, 6) is -0.0874. The molecule has 0 radical (unpaired) electrons. The maximum absolute atomic E-state index is 11.8. The maximum Gasteiger partial charge on any atom is 0.250 e. The van der Waals surface area contributed by atoms with Gasteiger partial charge in [0.15, 0.2) is 0 Å². The van der Waals surface area contributed by atoms with E-state index in [2.05, 4.69) is 16.7 Å². The lowest BCUT2D eigenvalue weighted by Crippen LogP contribution is -2.26. The van der Waals surface area contributed by atoms with Crippen molar-refractivity contribution in [3.05, 3.63) is 29.3 Å². The number of nitrogens with one attached hydrogen (secondary N) is 2. The Morgan fingerprint density at radius 1 is 1.50 bits per heavy atom. The summed E-state index contributed by atoms with van der Waals surface area (Å²) in [6.07, 6.45) is 1.03. The molecule has 0 saturated heterocycles. The van der Waals surface area contributed by atoms with E-state index in [1.807, 2.05) is 26.0 Å². The average molecular weight is 248 g/mol. The van der Waals surface area contributed by atoms with Gasteiger partial charge in [-0.05, 0) is 44.0 Å². The molecule has 1 aromatic rings. The first-order valence-corrected chi connectivity index (χ1v) is 6.39. The van der Waals surface area contributed by atoms with Crippen molar-refractivity contribution in [1.29, 1.82) is 0 Å². The molecule has 1 aliphatic rings. The van der Waals surface area contributed by atoms with Gasteiger partial charge in [-0.2, -0.15) is 0 Å². The lowest BCUT2D eigenvalue weighted by Gasteiger charge is -2.20. The Hall–Kier alpha value is -1.39. The summed E-state index contributed by atoms with van der Waals surface area (Å²) in [6.45, 7) is 5.79. The minimum Gasteiger partial charge on any atom is -0.369 e. The third-order valence-electron chi connectivity index (χ3n) is 2.96. The predicted molar refractivity (Wildman–Crippen MR) is 71.6 cm³/mol. The number of benzene rings is 1. The summed E-state index contributed by atoms with van der Waals surface area (Å²) in [5, 5.41) is 6.26. The van der Waals surface area contributed by atoms with Crippen molar-refractivity contribution in [2.75, 3.05) is 18.5 Å². The van der Waals surface area contributed by atoms with Gasteiger partial charge in [0.1, 0.15) is 6.61 Å². The molecule has 1 amide bonds.